The van der Waals surface area contributed by atoms with Crippen molar-refractivity contribution in [2.45, 2.75) is 26.4 Å². The highest BCUT2D eigenvalue weighted by molar-refractivity contribution is 7.18. The van der Waals surface area contributed by atoms with Crippen LogP contribution in [0, 0.1) is 11.3 Å². The highest BCUT2D eigenvalue weighted by Crippen LogP contribution is 2.33. The fourth-order valence-electron chi connectivity index (χ4n) is 2.36. The summed E-state index contributed by atoms with van der Waals surface area (Å²) in [5, 5.41) is 11.8. The van der Waals surface area contributed by atoms with Gasteiger partial charge in [0.1, 0.15) is 16.2 Å². The van der Waals surface area contributed by atoms with Crippen LogP contribution in [0.1, 0.15) is 41.6 Å². The molecule has 0 saturated heterocycles. The zero-order valence-corrected chi connectivity index (χ0v) is 16.3. The summed E-state index contributed by atoms with van der Waals surface area (Å²) in [6.45, 7) is 5.25. The molecule has 3 aromatic rings. The van der Waals surface area contributed by atoms with Gasteiger partial charge in [0.2, 0.25) is 5.78 Å². The molecule has 1 N–H and O–H groups in total. The zero-order valence-electron chi connectivity index (χ0n) is 15.5. The van der Waals surface area contributed by atoms with Gasteiger partial charge in [-0.15, -0.1) is 0 Å². The van der Waals surface area contributed by atoms with E-state index in [1.807, 2.05) is 6.07 Å². The van der Waals surface area contributed by atoms with E-state index in [1.54, 1.807) is 51.1 Å². The molecule has 2 aromatic heterocycles. The van der Waals surface area contributed by atoms with Crippen LogP contribution < -0.4 is 5.32 Å². The maximum absolute atomic E-state index is 13.0. The number of nitrogens with one attached hydrogen (secondary N) is 1. The molecule has 142 valence electrons. The molecule has 0 bridgehead atoms. The third-order valence-electron chi connectivity index (χ3n) is 3.45. The standard InChI is InChI=1S/C20H17N3O4S/c1-20(2,3)27-19(25)23-18-22-15(14-8-5-9-26-14)17(28-18)16(24)13-7-4-6-12(10-13)11-21/h4-10H,1-3H3,(H,22,23,25). The molecule has 0 unspecified atom stereocenters. The van der Waals surface area contributed by atoms with Gasteiger partial charge in [0.25, 0.3) is 0 Å². The predicted molar refractivity (Wildman–Crippen MR) is 104 cm³/mol. The molecule has 3 rings (SSSR count). The summed E-state index contributed by atoms with van der Waals surface area (Å²) in [6, 6.07) is 11.8. The van der Waals surface area contributed by atoms with Crippen LogP contribution in [0.15, 0.2) is 47.1 Å². The van der Waals surface area contributed by atoms with Crippen molar-refractivity contribution in [1.29, 1.82) is 5.26 Å². The van der Waals surface area contributed by atoms with Crippen molar-refractivity contribution in [3.63, 3.8) is 0 Å². The normalized spacial score (nSPS) is 10.9. The SMILES string of the molecule is CC(C)(C)OC(=O)Nc1nc(-c2ccco2)c(C(=O)c2cccc(C#N)c2)s1. The summed E-state index contributed by atoms with van der Waals surface area (Å²) in [5.41, 5.74) is 0.372. The van der Waals surface area contributed by atoms with Crippen LogP contribution in [0.2, 0.25) is 0 Å². The predicted octanol–water partition coefficient (Wildman–Crippen LogP) is 4.85. The monoisotopic (exact) mass is 395 g/mol. The van der Waals surface area contributed by atoms with Crippen molar-refractivity contribution in [3.8, 4) is 17.5 Å². The van der Waals surface area contributed by atoms with E-state index in [4.69, 9.17) is 14.4 Å². The van der Waals surface area contributed by atoms with E-state index >= 15 is 0 Å². The first kappa shape index (κ1) is 19.3. The molecule has 8 heteroatoms. The Morgan fingerprint density at radius 3 is 2.68 bits per heavy atom. The molecule has 0 atom stereocenters. The minimum Gasteiger partial charge on any atom is -0.463 e. The summed E-state index contributed by atoms with van der Waals surface area (Å²) in [5.74, 6) is 0.0755. The van der Waals surface area contributed by atoms with E-state index in [1.165, 1.54) is 12.3 Å². The highest BCUT2D eigenvalue weighted by atomic mass is 32.1. The van der Waals surface area contributed by atoms with E-state index in [-0.39, 0.29) is 15.8 Å². The molecule has 0 fully saturated rings. The van der Waals surface area contributed by atoms with Crippen LogP contribution >= 0.6 is 11.3 Å². The Morgan fingerprint density at radius 1 is 1.25 bits per heavy atom. The molecule has 1 amide bonds. The first-order chi connectivity index (χ1) is 13.3. The number of ether oxygens (including phenoxy) is 1. The van der Waals surface area contributed by atoms with Gasteiger partial charge in [0, 0.05) is 5.56 Å². The molecule has 7 nitrogen and oxygen atoms in total. The van der Waals surface area contributed by atoms with Gasteiger partial charge in [-0.25, -0.2) is 9.78 Å². The van der Waals surface area contributed by atoms with Gasteiger partial charge in [-0.1, -0.05) is 23.5 Å². The number of hydrogen-bond donors (Lipinski definition) is 1. The minimum absolute atomic E-state index is 0.209. The van der Waals surface area contributed by atoms with Gasteiger partial charge in [-0.05, 0) is 45.0 Å². The second kappa shape index (κ2) is 7.66. The third kappa shape index (κ3) is 4.45. The number of amides is 1. The van der Waals surface area contributed by atoms with Gasteiger partial charge in [0.05, 0.1) is 17.9 Å². The topological polar surface area (TPSA) is 105 Å². The Kier molecular flexibility index (Phi) is 5.29. The lowest BCUT2D eigenvalue weighted by Crippen LogP contribution is -2.27. The molecule has 0 aliphatic rings. The van der Waals surface area contributed by atoms with Gasteiger partial charge in [-0.3, -0.25) is 10.1 Å². The number of hydrogen-bond acceptors (Lipinski definition) is 7. The summed E-state index contributed by atoms with van der Waals surface area (Å²) < 4.78 is 10.6. The Morgan fingerprint density at radius 2 is 2.04 bits per heavy atom. The maximum atomic E-state index is 13.0. The molecule has 1 aromatic carbocycles. The van der Waals surface area contributed by atoms with E-state index in [0.717, 1.165) is 11.3 Å². The van der Waals surface area contributed by atoms with Crippen LogP contribution in [0.4, 0.5) is 9.93 Å². The summed E-state index contributed by atoms with van der Waals surface area (Å²) in [4.78, 5) is 29.7. The Bertz CT molecular complexity index is 1060. The van der Waals surface area contributed by atoms with Gasteiger partial charge in [-0.2, -0.15) is 5.26 Å². The summed E-state index contributed by atoms with van der Waals surface area (Å²) >= 11 is 1.01. The number of rotatable bonds is 4. The molecule has 0 radical (unpaired) electrons. The molecule has 0 aliphatic heterocycles. The number of thiazole rings is 1. The molecule has 2 heterocycles. The van der Waals surface area contributed by atoms with E-state index < -0.39 is 11.7 Å². The van der Waals surface area contributed by atoms with Crippen molar-refractivity contribution < 1.29 is 18.7 Å². The van der Waals surface area contributed by atoms with Crippen molar-refractivity contribution in [3.05, 3.63) is 58.7 Å². The Balaban J connectivity index is 1.97. The van der Waals surface area contributed by atoms with Gasteiger partial charge < -0.3 is 9.15 Å². The average Bonchev–Trinajstić information content (AvgIpc) is 3.29. The number of carbonyl (C=O) groups excluding carboxylic acids is 2. The van der Waals surface area contributed by atoms with Crippen LogP contribution in [-0.4, -0.2) is 22.5 Å². The molecule has 0 spiro atoms. The number of nitriles is 1. The third-order valence-corrected chi connectivity index (χ3v) is 4.42. The smallest absolute Gasteiger partial charge is 0.413 e. The number of benzene rings is 1. The van der Waals surface area contributed by atoms with Crippen molar-refractivity contribution in [2.24, 2.45) is 0 Å². The van der Waals surface area contributed by atoms with Crippen LogP contribution in [0.25, 0.3) is 11.5 Å². The number of aromatic nitrogens is 1. The average molecular weight is 395 g/mol. The lowest BCUT2D eigenvalue weighted by Gasteiger charge is -2.18. The maximum Gasteiger partial charge on any atom is 0.413 e. The first-order valence-corrected chi connectivity index (χ1v) is 9.18. The highest BCUT2D eigenvalue weighted by Gasteiger charge is 2.24. The molecular weight excluding hydrogens is 378 g/mol. The molecular formula is C20H17N3O4S. The Hall–Kier alpha value is -3.44. The Labute approximate surface area is 165 Å². The van der Waals surface area contributed by atoms with E-state index in [9.17, 15) is 9.59 Å². The second-order valence-corrected chi connectivity index (χ2v) is 7.82. The number of ketones is 1. The fraction of sp³-hybridized carbons (Fsp3) is 0.200. The fourth-order valence-corrected chi connectivity index (χ4v) is 3.28. The summed E-state index contributed by atoms with van der Waals surface area (Å²) in [7, 11) is 0. The van der Waals surface area contributed by atoms with E-state index in [0.29, 0.717) is 22.6 Å². The first-order valence-electron chi connectivity index (χ1n) is 8.36. The van der Waals surface area contributed by atoms with Crippen LogP contribution in [0.3, 0.4) is 0 Å². The summed E-state index contributed by atoms with van der Waals surface area (Å²) in [6.07, 6.45) is 0.804. The largest absolute Gasteiger partial charge is 0.463 e. The lowest BCUT2D eigenvalue weighted by molar-refractivity contribution is 0.0635. The minimum atomic E-state index is -0.669. The number of furan rings is 1. The molecule has 0 saturated carbocycles. The van der Waals surface area contributed by atoms with Crippen molar-refractivity contribution >= 4 is 28.3 Å². The van der Waals surface area contributed by atoms with Crippen LogP contribution in [-0.2, 0) is 4.74 Å². The number of carbonyl (C=O) groups is 2. The van der Waals surface area contributed by atoms with Crippen molar-refractivity contribution in [1.82, 2.24) is 4.98 Å². The molecule has 28 heavy (non-hydrogen) atoms. The zero-order chi connectivity index (χ0) is 20.3. The number of nitrogens with zero attached hydrogens (tertiary/aromatic N) is 2. The quantitative estimate of drug-likeness (QED) is 0.633. The van der Waals surface area contributed by atoms with Crippen LogP contribution in [0.5, 0.6) is 0 Å². The second-order valence-electron chi connectivity index (χ2n) is 6.82. The lowest BCUT2D eigenvalue weighted by atomic mass is 10.1. The molecule has 0 aliphatic carbocycles. The van der Waals surface area contributed by atoms with Gasteiger partial charge >= 0.3 is 6.09 Å². The van der Waals surface area contributed by atoms with Crippen molar-refractivity contribution in [2.75, 3.05) is 5.32 Å². The van der Waals surface area contributed by atoms with E-state index in [2.05, 4.69) is 10.3 Å². The number of anilines is 1. The van der Waals surface area contributed by atoms with Gasteiger partial charge in [0.15, 0.2) is 10.9 Å².